The van der Waals surface area contributed by atoms with Crippen LogP contribution in [0.2, 0.25) is 0 Å². The highest BCUT2D eigenvalue weighted by atomic mass is 16.5. The van der Waals surface area contributed by atoms with Crippen molar-refractivity contribution in [1.29, 1.82) is 0 Å². The van der Waals surface area contributed by atoms with Gasteiger partial charge in [-0.1, -0.05) is 92.7 Å². The lowest BCUT2D eigenvalue weighted by Crippen LogP contribution is -2.54. The minimum absolute atomic E-state index is 0.100. The van der Waals surface area contributed by atoms with Crippen LogP contribution >= 0.6 is 0 Å². The molecule has 0 bridgehead atoms. The molecule has 1 aliphatic carbocycles. The molecule has 0 radical (unpaired) electrons. The summed E-state index contributed by atoms with van der Waals surface area (Å²) in [4.78, 5) is 37.5. The lowest BCUT2D eigenvalue weighted by molar-refractivity contribution is -0.142. The van der Waals surface area contributed by atoms with Crippen LogP contribution in [0.25, 0.3) is 11.1 Å². The number of carboxylic acid groups (broad SMARTS) is 1. The first kappa shape index (κ1) is 25.0. The van der Waals surface area contributed by atoms with Gasteiger partial charge in [-0.2, -0.15) is 0 Å². The van der Waals surface area contributed by atoms with Gasteiger partial charge in [0.25, 0.3) is 0 Å². The summed E-state index contributed by atoms with van der Waals surface area (Å²) in [7, 11) is 0. The maximum Gasteiger partial charge on any atom is 0.407 e. The van der Waals surface area contributed by atoms with Crippen molar-refractivity contribution in [3.63, 3.8) is 0 Å². The third-order valence-corrected chi connectivity index (χ3v) is 6.46. The summed E-state index contributed by atoms with van der Waals surface area (Å²) < 4.78 is 5.57. The van der Waals surface area contributed by atoms with Crippen LogP contribution in [-0.4, -0.2) is 41.8 Å². The third-order valence-electron chi connectivity index (χ3n) is 6.46. The summed E-state index contributed by atoms with van der Waals surface area (Å²) in [5.41, 5.74) is 5.22. The second-order valence-electron chi connectivity index (χ2n) is 9.28. The highest BCUT2D eigenvalue weighted by Crippen LogP contribution is 2.44. The van der Waals surface area contributed by atoms with Crippen molar-refractivity contribution in [2.75, 3.05) is 6.61 Å². The summed E-state index contributed by atoms with van der Waals surface area (Å²) in [5, 5.41) is 14.8. The Bertz CT molecular complexity index is 1200. The van der Waals surface area contributed by atoms with Gasteiger partial charge in [0.1, 0.15) is 18.7 Å². The Balaban J connectivity index is 1.39. The van der Waals surface area contributed by atoms with E-state index in [9.17, 15) is 19.5 Å². The third kappa shape index (κ3) is 5.57. The van der Waals surface area contributed by atoms with Gasteiger partial charge in [-0.3, -0.25) is 4.79 Å². The molecule has 36 heavy (non-hydrogen) atoms. The number of benzene rings is 3. The van der Waals surface area contributed by atoms with Gasteiger partial charge in [0.2, 0.25) is 5.91 Å². The molecule has 3 N–H and O–H groups in total. The largest absolute Gasteiger partial charge is 0.480 e. The van der Waals surface area contributed by atoms with Gasteiger partial charge in [0.15, 0.2) is 0 Å². The van der Waals surface area contributed by atoms with E-state index >= 15 is 0 Å². The molecule has 0 heterocycles. The molecule has 7 nitrogen and oxygen atoms in total. The van der Waals surface area contributed by atoms with E-state index in [1.165, 1.54) is 0 Å². The van der Waals surface area contributed by atoms with Crippen molar-refractivity contribution in [2.45, 2.75) is 38.3 Å². The van der Waals surface area contributed by atoms with Crippen LogP contribution in [0.3, 0.4) is 0 Å². The fourth-order valence-electron chi connectivity index (χ4n) is 4.61. The van der Waals surface area contributed by atoms with Crippen LogP contribution in [0.5, 0.6) is 0 Å². The van der Waals surface area contributed by atoms with Gasteiger partial charge in [-0.05, 0) is 33.7 Å². The first-order valence-corrected chi connectivity index (χ1v) is 12.0. The summed E-state index contributed by atoms with van der Waals surface area (Å²) in [6.45, 7) is 3.68. The number of hydrogen-bond acceptors (Lipinski definition) is 4. The number of carbonyl (C=O) groups excluding carboxylic acids is 2. The molecule has 3 aromatic carbocycles. The number of nitrogens with one attached hydrogen (secondary N) is 2. The monoisotopic (exact) mass is 486 g/mol. The van der Waals surface area contributed by atoms with Gasteiger partial charge in [-0.15, -0.1) is 0 Å². The number of carbonyl (C=O) groups is 3. The summed E-state index contributed by atoms with van der Waals surface area (Å²) in [5.74, 6) is -2.09. The van der Waals surface area contributed by atoms with Crippen molar-refractivity contribution in [2.24, 2.45) is 5.92 Å². The Morgan fingerprint density at radius 1 is 0.833 bits per heavy atom. The highest BCUT2D eigenvalue weighted by Gasteiger charge is 2.31. The van der Waals surface area contributed by atoms with Crippen molar-refractivity contribution < 1.29 is 24.2 Å². The molecule has 1 aliphatic rings. The van der Waals surface area contributed by atoms with Crippen LogP contribution < -0.4 is 10.6 Å². The lowest BCUT2D eigenvalue weighted by Gasteiger charge is -2.24. The zero-order valence-electron chi connectivity index (χ0n) is 20.3. The van der Waals surface area contributed by atoms with Crippen LogP contribution in [0.15, 0.2) is 78.9 Å². The Kier molecular flexibility index (Phi) is 7.68. The standard InChI is InChI=1S/C29H30N2O5/c1-18(2)26(27(32)30-25(28(33)34)16-19-10-4-3-5-11-19)31-29(35)36-17-24-22-14-8-6-12-20(22)21-13-7-9-15-23(21)24/h3-15,18,24-26H,16-17H2,1-2H3,(H,30,32)(H,31,35)(H,33,34). The molecule has 2 atom stereocenters. The SMILES string of the molecule is CC(C)C(NC(=O)OCC1c2ccccc2-c2ccccc21)C(=O)NC(Cc1ccccc1)C(=O)O. The van der Waals surface area contributed by atoms with Gasteiger partial charge in [0, 0.05) is 12.3 Å². The van der Waals surface area contributed by atoms with E-state index in [1.807, 2.05) is 54.6 Å². The molecule has 0 spiro atoms. The zero-order chi connectivity index (χ0) is 25.7. The molecular formula is C29H30N2O5. The maximum atomic E-state index is 13.0. The van der Waals surface area contributed by atoms with Crippen LogP contribution in [0.4, 0.5) is 4.79 Å². The molecule has 4 rings (SSSR count). The minimum atomic E-state index is -1.14. The first-order chi connectivity index (χ1) is 17.3. The van der Waals surface area contributed by atoms with E-state index < -0.39 is 30.1 Å². The Hall–Kier alpha value is -4.13. The number of ether oxygens (including phenoxy) is 1. The Morgan fingerprint density at radius 2 is 1.39 bits per heavy atom. The molecule has 3 aromatic rings. The maximum absolute atomic E-state index is 13.0. The molecule has 0 aromatic heterocycles. The van der Waals surface area contributed by atoms with E-state index in [0.29, 0.717) is 0 Å². The van der Waals surface area contributed by atoms with E-state index in [-0.39, 0.29) is 24.9 Å². The highest BCUT2D eigenvalue weighted by molar-refractivity contribution is 5.89. The van der Waals surface area contributed by atoms with E-state index in [0.717, 1.165) is 27.8 Å². The number of fused-ring (bicyclic) bond motifs is 3. The summed E-state index contributed by atoms with van der Waals surface area (Å²) in [6.07, 6.45) is -0.585. The van der Waals surface area contributed by atoms with Crippen molar-refractivity contribution in [3.8, 4) is 11.1 Å². The number of hydrogen-bond donors (Lipinski definition) is 3. The Labute approximate surface area is 210 Å². The zero-order valence-corrected chi connectivity index (χ0v) is 20.3. The smallest absolute Gasteiger partial charge is 0.407 e. The van der Waals surface area contributed by atoms with Crippen LogP contribution in [0, 0.1) is 5.92 Å². The quantitative estimate of drug-likeness (QED) is 0.417. The molecule has 0 saturated heterocycles. The lowest BCUT2D eigenvalue weighted by atomic mass is 9.98. The molecule has 0 aliphatic heterocycles. The normalized spacial score (nSPS) is 13.9. The van der Waals surface area contributed by atoms with Crippen molar-refractivity contribution in [1.82, 2.24) is 10.6 Å². The number of aliphatic carboxylic acids is 1. The topological polar surface area (TPSA) is 105 Å². The fraction of sp³-hybridized carbons (Fsp3) is 0.276. The molecular weight excluding hydrogens is 456 g/mol. The molecule has 2 amide bonds. The average Bonchev–Trinajstić information content (AvgIpc) is 3.19. The number of carboxylic acids is 1. The molecule has 7 heteroatoms. The first-order valence-electron chi connectivity index (χ1n) is 12.0. The minimum Gasteiger partial charge on any atom is -0.480 e. The number of rotatable bonds is 9. The predicted octanol–water partition coefficient (Wildman–Crippen LogP) is 4.36. The Morgan fingerprint density at radius 3 is 1.94 bits per heavy atom. The van der Waals surface area contributed by atoms with Gasteiger partial charge in [-0.25, -0.2) is 9.59 Å². The van der Waals surface area contributed by atoms with Crippen molar-refractivity contribution in [3.05, 3.63) is 95.6 Å². The van der Waals surface area contributed by atoms with Crippen LogP contribution in [-0.2, 0) is 20.7 Å². The van der Waals surface area contributed by atoms with Crippen molar-refractivity contribution >= 4 is 18.0 Å². The van der Waals surface area contributed by atoms with Crippen LogP contribution in [0.1, 0.15) is 36.5 Å². The van der Waals surface area contributed by atoms with Gasteiger partial charge < -0.3 is 20.5 Å². The number of alkyl carbamates (subject to hydrolysis) is 1. The summed E-state index contributed by atoms with van der Waals surface area (Å²) >= 11 is 0. The molecule has 2 unspecified atom stereocenters. The second kappa shape index (κ2) is 11.1. The van der Waals surface area contributed by atoms with E-state index in [2.05, 4.69) is 22.8 Å². The van der Waals surface area contributed by atoms with E-state index in [1.54, 1.807) is 26.0 Å². The number of amides is 2. The van der Waals surface area contributed by atoms with Gasteiger partial charge in [0.05, 0.1) is 0 Å². The van der Waals surface area contributed by atoms with E-state index in [4.69, 9.17) is 4.74 Å². The second-order valence-corrected chi connectivity index (χ2v) is 9.28. The molecule has 186 valence electrons. The van der Waals surface area contributed by atoms with Gasteiger partial charge >= 0.3 is 12.1 Å². The molecule has 0 fully saturated rings. The average molecular weight is 487 g/mol. The summed E-state index contributed by atoms with van der Waals surface area (Å²) in [6, 6.07) is 23.1. The fourth-order valence-corrected chi connectivity index (χ4v) is 4.61. The predicted molar refractivity (Wildman–Crippen MR) is 137 cm³/mol. The molecule has 0 saturated carbocycles.